The molecule has 3 heterocycles. The van der Waals surface area contributed by atoms with Crippen LogP contribution in [0, 0.1) is 0 Å². The number of nitrogens with zero attached hydrogens (tertiary/aromatic N) is 3. The Balaban J connectivity index is 2.66. The molecule has 15 heavy (non-hydrogen) atoms. The fraction of sp³-hybridized carbons (Fsp3) is 0. The second-order valence-corrected chi connectivity index (χ2v) is 3.22. The summed E-state index contributed by atoms with van der Waals surface area (Å²) in [5.74, 6) is 0. The molecule has 0 N–H and O–H groups in total. The number of aromatic nitrogens is 3. The average molecular weight is 197 g/mol. The molecule has 0 aromatic carbocycles. The van der Waals surface area contributed by atoms with Crippen molar-refractivity contribution in [2.24, 2.45) is 0 Å². The quantitative estimate of drug-likeness (QED) is 0.509. The minimum Gasteiger partial charge on any atom is -0.268 e. The van der Waals surface area contributed by atoms with Gasteiger partial charge in [0, 0.05) is 12.4 Å². The van der Waals surface area contributed by atoms with Crippen molar-refractivity contribution >= 4 is 16.7 Å². The first-order chi connectivity index (χ1) is 7.36. The summed E-state index contributed by atoms with van der Waals surface area (Å²) in [5.41, 5.74) is 1.03. The van der Waals surface area contributed by atoms with E-state index in [0.29, 0.717) is 16.7 Å². The van der Waals surface area contributed by atoms with Gasteiger partial charge in [0.1, 0.15) is 5.65 Å². The summed E-state index contributed by atoms with van der Waals surface area (Å²) in [6.07, 6.45) is 3.34. The van der Waals surface area contributed by atoms with Gasteiger partial charge in [0.15, 0.2) is 5.65 Å². The molecule has 0 aliphatic carbocycles. The average Bonchev–Trinajstić information content (AvgIpc) is 2.30. The zero-order valence-corrected chi connectivity index (χ0v) is 7.79. The maximum atomic E-state index is 12.0. The summed E-state index contributed by atoms with van der Waals surface area (Å²) in [6.45, 7) is 0. The van der Waals surface area contributed by atoms with Crippen molar-refractivity contribution < 1.29 is 0 Å². The van der Waals surface area contributed by atoms with E-state index in [-0.39, 0.29) is 5.56 Å². The van der Waals surface area contributed by atoms with Crippen LogP contribution in [0.3, 0.4) is 0 Å². The number of hydrogen-bond acceptors (Lipinski definition) is 3. The van der Waals surface area contributed by atoms with Gasteiger partial charge in [0.25, 0.3) is 5.56 Å². The lowest BCUT2D eigenvalue weighted by Crippen LogP contribution is -2.15. The summed E-state index contributed by atoms with van der Waals surface area (Å²) in [7, 11) is 0. The molecule has 0 aliphatic rings. The Morgan fingerprint density at radius 1 is 1.13 bits per heavy atom. The van der Waals surface area contributed by atoms with Gasteiger partial charge in [0.05, 0.1) is 5.39 Å². The van der Waals surface area contributed by atoms with Gasteiger partial charge in [-0.15, -0.1) is 0 Å². The van der Waals surface area contributed by atoms with E-state index in [9.17, 15) is 4.79 Å². The van der Waals surface area contributed by atoms with Gasteiger partial charge < -0.3 is 0 Å². The highest BCUT2D eigenvalue weighted by atomic mass is 16.1. The molecule has 0 bridgehead atoms. The molecule has 4 nitrogen and oxygen atoms in total. The zero-order valence-electron chi connectivity index (χ0n) is 7.79. The highest BCUT2D eigenvalue weighted by Crippen LogP contribution is 2.04. The van der Waals surface area contributed by atoms with Crippen LogP contribution in [0.5, 0.6) is 0 Å². The second kappa shape index (κ2) is 2.88. The first-order valence-electron chi connectivity index (χ1n) is 4.58. The molecule has 3 rings (SSSR count). The molecule has 0 aliphatic heterocycles. The van der Waals surface area contributed by atoms with Crippen molar-refractivity contribution in [3.8, 4) is 0 Å². The van der Waals surface area contributed by atoms with Crippen molar-refractivity contribution in [3.05, 3.63) is 53.1 Å². The summed E-state index contributed by atoms with van der Waals surface area (Å²) in [5, 5.41) is 0.543. The van der Waals surface area contributed by atoms with Gasteiger partial charge in [-0.3, -0.25) is 9.20 Å². The lowest BCUT2D eigenvalue weighted by Gasteiger charge is -2.00. The van der Waals surface area contributed by atoms with Crippen molar-refractivity contribution in [2.75, 3.05) is 0 Å². The highest BCUT2D eigenvalue weighted by molar-refractivity contribution is 5.75. The third kappa shape index (κ3) is 1.11. The van der Waals surface area contributed by atoms with E-state index in [1.165, 1.54) is 4.40 Å². The predicted molar refractivity (Wildman–Crippen MR) is 56.8 cm³/mol. The summed E-state index contributed by atoms with van der Waals surface area (Å²) < 4.78 is 1.52. The molecular weight excluding hydrogens is 190 g/mol. The Labute approximate surface area is 84.8 Å². The Morgan fingerprint density at radius 2 is 2.07 bits per heavy atom. The van der Waals surface area contributed by atoms with Crippen LogP contribution in [0.2, 0.25) is 0 Å². The summed E-state index contributed by atoms with van der Waals surface area (Å²) >= 11 is 0. The topological polar surface area (TPSA) is 47.3 Å². The van der Waals surface area contributed by atoms with Crippen LogP contribution in [0.15, 0.2) is 47.5 Å². The van der Waals surface area contributed by atoms with Crippen LogP contribution in [0.1, 0.15) is 0 Å². The number of hydrogen-bond donors (Lipinski definition) is 0. The van der Waals surface area contributed by atoms with Gasteiger partial charge in [-0.2, -0.15) is 0 Å². The van der Waals surface area contributed by atoms with Crippen molar-refractivity contribution in [3.63, 3.8) is 0 Å². The van der Waals surface area contributed by atoms with Crippen LogP contribution in [0.4, 0.5) is 0 Å². The molecule has 0 saturated heterocycles. The van der Waals surface area contributed by atoms with Gasteiger partial charge >= 0.3 is 0 Å². The van der Waals surface area contributed by atoms with E-state index in [1.807, 2.05) is 6.07 Å². The fourth-order valence-corrected chi connectivity index (χ4v) is 1.59. The van der Waals surface area contributed by atoms with Crippen molar-refractivity contribution in [1.82, 2.24) is 14.4 Å². The molecule has 72 valence electrons. The van der Waals surface area contributed by atoms with Crippen LogP contribution >= 0.6 is 0 Å². The molecule has 0 saturated carbocycles. The van der Waals surface area contributed by atoms with Crippen LogP contribution in [0.25, 0.3) is 16.7 Å². The molecule has 0 atom stereocenters. The Kier molecular flexibility index (Phi) is 1.56. The standard InChI is InChI=1S/C11H7N3O/c15-11-8-4-3-6-12-10(8)13-9-5-1-2-7-14(9)11/h1-7H. The minimum atomic E-state index is -0.0799. The molecule has 0 unspecified atom stereocenters. The maximum Gasteiger partial charge on any atom is 0.267 e. The van der Waals surface area contributed by atoms with Gasteiger partial charge in [-0.25, -0.2) is 9.97 Å². The van der Waals surface area contributed by atoms with Gasteiger partial charge in [-0.1, -0.05) is 6.07 Å². The molecular formula is C11H7N3O. The summed E-state index contributed by atoms with van der Waals surface area (Å²) in [4.78, 5) is 20.3. The largest absolute Gasteiger partial charge is 0.268 e. The lowest BCUT2D eigenvalue weighted by atomic mass is 10.3. The monoisotopic (exact) mass is 197 g/mol. The van der Waals surface area contributed by atoms with E-state index in [0.717, 1.165) is 0 Å². The van der Waals surface area contributed by atoms with E-state index >= 15 is 0 Å². The molecule has 4 heteroatoms. The van der Waals surface area contributed by atoms with Crippen LogP contribution in [-0.4, -0.2) is 14.4 Å². The SMILES string of the molecule is O=c1c2cccnc2nc2ccccn12. The van der Waals surface area contributed by atoms with E-state index < -0.39 is 0 Å². The zero-order chi connectivity index (χ0) is 10.3. The minimum absolute atomic E-state index is 0.0799. The third-order valence-corrected chi connectivity index (χ3v) is 2.29. The fourth-order valence-electron chi connectivity index (χ4n) is 1.59. The Morgan fingerprint density at radius 3 is 3.00 bits per heavy atom. The maximum absolute atomic E-state index is 12.0. The van der Waals surface area contributed by atoms with E-state index in [1.54, 1.807) is 36.7 Å². The molecule has 0 amide bonds. The molecule has 0 fully saturated rings. The summed E-state index contributed by atoms with van der Waals surface area (Å²) in [6, 6.07) is 8.90. The first kappa shape index (κ1) is 8.11. The molecule has 0 radical (unpaired) electrons. The molecule has 0 spiro atoms. The van der Waals surface area contributed by atoms with Gasteiger partial charge in [-0.05, 0) is 24.3 Å². The second-order valence-electron chi connectivity index (χ2n) is 3.22. The lowest BCUT2D eigenvalue weighted by molar-refractivity contribution is 1.07. The Hall–Kier alpha value is -2.23. The number of rotatable bonds is 0. The Bertz CT molecular complexity index is 646. The van der Waals surface area contributed by atoms with E-state index in [2.05, 4.69) is 9.97 Å². The molecule has 3 aromatic rings. The van der Waals surface area contributed by atoms with Crippen LogP contribution in [-0.2, 0) is 0 Å². The molecule has 3 aromatic heterocycles. The third-order valence-electron chi connectivity index (χ3n) is 2.29. The van der Waals surface area contributed by atoms with E-state index in [4.69, 9.17) is 0 Å². The number of fused-ring (bicyclic) bond motifs is 2. The van der Waals surface area contributed by atoms with Crippen LogP contribution < -0.4 is 5.56 Å². The predicted octanol–water partition coefficient (Wildman–Crippen LogP) is 1.24. The van der Waals surface area contributed by atoms with Crippen molar-refractivity contribution in [1.29, 1.82) is 0 Å². The normalized spacial score (nSPS) is 10.9. The number of pyridine rings is 2. The van der Waals surface area contributed by atoms with Gasteiger partial charge in [0.2, 0.25) is 0 Å². The van der Waals surface area contributed by atoms with Crippen molar-refractivity contribution in [2.45, 2.75) is 0 Å². The first-order valence-corrected chi connectivity index (χ1v) is 4.58. The smallest absolute Gasteiger partial charge is 0.267 e. The highest BCUT2D eigenvalue weighted by Gasteiger charge is 2.03.